The Morgan fingerprint density at radius 1 is 1.45 bits per heavy atom. The molecule has 1 aliphatic carbocycles. The highest BCUT2D eigenvalue weighted by Crippen LogP contribution is 2.26. The molecule has 0 atom stereocenters. The van der Waals surface area contributed by atoms with Crippen molar-refractivity contribution in [1.82, 2.24) is 10.3 Å². The Kier molecular flexibility index (Phi) is 3.74. The van der Waals surface area contributed by atoms with E-state index in [-0.39, 0.29) is 5.91 Å². The second-order valence-corrected chi connectivity index (χ2v) is 5.91. The third kappa shape index (κ3) is 2.85. The number of carbonyl (C=O) groups excluding carboxylic acids is 1. The molecule has 3 rings (SSSR count). The van der Waals surface area contributed by atoms with Crippen LogP contribution < -0.4 is 5.32 Å². The van der Waals surface area contributed by atoms with Crippen molar-refractivity contribution >= 4 is 28.6 Å². The molecule has 1 fully saturated rings. The molecule has 1 saturated carbocycles. The number of hydrogen-bond donors (Lipinski definition) is 1. The summed E-state index contributed by atoms with van der Waals surface area (Å²) in [7, 11) is 0. The summed E-state index contributed by atoms with van der Waals surface area (Å²) in [5.41, 5.74) is 1.58. The highest BCUT2D eigenvalue weighted by molar-refractivity contribution is 7.99. The van der Waals surface area contributed by atoms with E-state index in [0.29, 0.717) is 11.6 Å². The van der Waals surface area contributed by atoms with Gasteiger partial charge in [-0.15, -0.1) is 18.3 Å². The molecule has 0 bridgehead atoms. The fraction of sp³-hybridized carbons (Fsp3) is 0.250. The molecule has 0 aliphatic heterocycles. The smallest absolute Gasteiger partial charge is 0.252 e. The van der Waals surface area contributed by atoms with Gasteiger partial charge in [0.15, 0.2) is 0 Å². The fourth-order valence-electron chi connectivity index (χ4n) is 2.05. The predicted molar refractivity (Wildman–Crippen MR) is 83.2 cm³/mol. The van der Waals surface area contributed by atoms with Gasteiger partial charge in [0.2, 0.25) is 0 Å². The second-order valence-electron chi connectivity index (χ2n) is 4.87. The summed E-state index contributed by atoms with van der Waals surface area (Å²) in [6.07, 6.45) is 4.02. The summed E-state index contributed by atoms with van der Waals surface area (Å²) < 4.78 is 0. The number of pyridine rings is 1. The zero-order chi connectivity index (χ0) is 13.9. The third-order valence-corrected chi connectivity index (χ3v) is 4.11. The fourth-order valence-corrected chi connectivity index (χ4v) is 2.70. The minimum absolute atomic E-state index is 0.00607. The molecule has 1 N–H and O–H groups in total. The van der Waals surface area contributed by atoms with Crippen LogP contribution in [0.2, 0.25) is 0 Å². The van der Waals surface area contributed by atoms with Crippen LogP contribution in [0.25, 0.3) is 10.9 Å². The molecule has 1 aromatic heterocycles. The maximum absolute atomic E-state index is 12.4. The molecule has 0 spiro atoms. The average molecular weight is 284 g/mol. The van der Waals surface area contributed by atoms with Crippen molar-refractivity contribution in [3.8, 4) is 0 Å². The molecule has 102 valence electrons. The molecule has 1 aliphatic rings. The minimum Gasteiger partial charge on any atom is -0.349 e. The number of carbonyl (C=O) groups is 1. The molecule has 1 heterocycles. The van der Waals surface area contributed by atoms with Gasteiger partial charge in [-0.2, -0.15) is 0 Å². The summed E-state index contributed by atoms with van der Waals surface area (Å²) in [6.45, 7) is 3.72. The summed E-state index contributed by atoms with van der Waals surface area (Å²) >= 11 is 1.59. The Morgan fingerprint density at radius 3 is 3.00 bits per heavy atom. The van der Waals surface area contributed by atoms with E-state index >= 15 is 0 Å². The predicted octanol–water partition coefficient (Wildman–Crippen LogP) is 3.41. The number of para-hydroxylation sites is 1. The van der Waals surface area contributed by atoms with Crippen molar-refractivity contribution in [2.75, 3.05) is 5.75 Å². The second kappa shape index (κ2) is 5.67. The highest BCUT2D eigenvalue weighted by Gasteiger charge is 2.24. The molecule has 0 radical (unpaired) electrons. The summed E-state index contributed by atoms with van der Waals surface area (Å²) in [5, 5.41) is 4.83. The monoisotopic (exact) mass is 284 g/mol. The van der Waals surface area contributed by atoms with Crippen LogP contribution >= 0.6 is 11.8 Å². The van der Waals surface area contributed by atoms with Crippen molar-refractivity contribution in [3.63, 3.8) is 0 Å². The van der Waals surface area contributed by atoms with Gasteiger partial charge >= 0.3 is 0 Å². The molecule has 0 saturated heterocycles. The number of fused-ring (bicyclic) bond motifs is 1. The van der Waals surface area contributed by atoms with Crippen molar-refractivity contribution in [2.24, 2.45) is 0 Å². The van der Waals surface area contributed by atoms with Crippen LogP contribution in [0, 0.1) is 0 Å². The number of hydrogen-bond acceptors (Lipinski definition) is 3. The first-order valence-electron chi connectivity index (χ1n) is 6.72. The molecule has 0 unspecified atom stereocenters. The largest absolute Gasteiger partial charge is 0.349 e. The van der Waals surface area contributed by atoms with Gasteiger partial charge in [-0.05, 0) is 25.0 Å². The Labute approximate surface area is 122 Å². The lowest BCUT2D eigenvalue weighted by Crippen LogP contribution is -2.25. The van der Waals surface area contributed by atoms with E-state index in [2.05, 4.69) is 16.9 Å². The zero-order valence-corrected chi connectivity index (χ0v) is 12.0. The number of rotatable bonds is 5. The van der Waals surface area contributed by atoms with Gasteiger partial charge in [-0.1, -0.05) is 24.3 Å². The van der Waals surface area contributed by atoms with Gasteiger partial charge in [0, 0.05) is 17.2 Å². The van der Waals surface area contributed by atoms with Crippen LogP contribution in [0.4, 0.5) is 0 Å². The van der Waals surface area contributed by atoms with Crippen molar-refractivity contribution in [1.29, 1.82) is 0 Å². The summed E-state index contributed by atoms with van der Waals surface area (Å²) in [6, 6.07) is 10.0. The lowest BCUT2D eigenvalue weighted by atomic mass is 10.1. The molecular formula is C16H16N2OS. The van der Waals surface area contributed by atoms with Gasteiger partial charge in [0.25, 0.3) is 5.91 Å². The van der Waals surface area contributed by atoms with Gasteiger partial charge in [0.1, 0.15) is 0 Å². The number of benzene rings is 1. The van der Waals surface area contributed by atoms with Crippen LogP contribution in [-0.2, 0) is 0 Å². The number of nitrogens with one attached hydrogen (secondary N) is 1. The topological polar surface area (TPSA) is 42.0 Å². The molecular weight excluding hydrogens is 268 g/mol. The van der Waals surface area contributed by atoms with E-state index in [9.17, 15) is 4.79 Å². The zero-order valence-electron chi connectivity index (χ0n) is 11.1. The first-order valence-corrected chi connectivity index (χ1v) is 7.71. The van der Waals surface area contributed by atoms with Crippen LogP contribution in [0.5, 0.6) is 0 Å². The van der Waals surface area contributed by atoms with Crippen LogP contribution in [0.1, 0.15) is 23.2 Å². The van der Waals surface area contributed by atoms with Gasteiger partial charge in [-0.3, -0.25) is 4.79 Å². The summed E-state index contributed by atoms with van der Waals surface area (Å²) in [4.78, 5) is 17.0. The van der Waals surface area contributed by atoms with E-state index in [1.54, 1.807) is 11.8 Å². The molecule has 20 heavy (non-hydrogen) atoms. The van der Waals surface area contributed by atoms with E-state index in [1.165, 1.54) is 0 Å². The highest BCUT2D eigenvalue weighted by atomic mass is 32.2. The van der Waals surface area contributed by atoms with E-state index in [1.807, 2.05) is 36.4 Å². The van der Waals surface area contributed by atoms with E-state index < -0.39 is 0 Å². The average Bonchev–Trinajstić information content (AvgIpc) is 3.28. The Balaban J connectivity index is 2.01. The van der Waals surface area contributed by atoms with Crippen molar-refractivity contribution in [2.45, 2.75) is 23.9 Å². The molecule has 1 aromatic carbocycles. The van der Waals surface area contributed by atoms with Crippen LogP contribution in [0.15, 0.2) is 48.0 Å². The van der Waals surface area contributed by atoms with Crippen LogP contribution in [0.3, 0.4) is 0 Å². The SMILES string of the molecule is C=CCSc1cc(C(=O)NC2CC2)c2ccccc2n1. The quantitative estimate of drug-likeness (QED) is 0.676. The first kappa shape index (κ1) is 13.2. The number of amides is 1. The molecule has 2 aromatic rings. The first-order chi connectivity index (χ1) is 9.78. The van der Waals surface area contributed by atoms with E-state index in [4.69, 9.17) is 0 Å². The standard InChI is InChI=1S/C16H16N2OS/c1-2-9-20-15-10-13(16(19)17-11-7-8-11)12-5-3-4-6-14(12)18-15/h2-6,10-11H,1,7-9H2,(H,17,19). The maximum atomic E-state index is 12.4. The third-order valence-electron chi connectivity index (χ3n) is 3.20. The molecule has 1 amide bonds. The lowest BCUT2D eigenvalue weighted by Gasteiger charge is -2.09. The Bertz CT molecular complexity index is 665. The van der Waals surface area contributed by atoms with Gasteiger partial charge in [-0.25, -0.2) is 4.98 Å². The Morgan fingerprint density at radius 2 is 2.25 bits per heavy atom. The van der Waals surface area contributed by atoms with Gasteiger partial charge in [0.05, 0.1) is 16.1 Å². The minimum atomic E-state index is 0.00607. The van der Waals surface area contributed by atoms with Crippen molar-refractivity contribution in [3.05, 3.63) is 48.6 Å². The number of thioether (sulfide) groups is 1. The van der Waals surface area contributed by atoms with Crippen molar-refractivity contribution < 1.29 is 4.79 Å². The maximum Gasteiger partial charge on any atom is 0.252 e. The lowest BCUT2D eigenvalue weighted by molar-refractivity contribution is 0.0952. The summed E-state index contributed by atoms with van der Waals surface area (Å²) in [5.74, 6) is 0.793. The number of aromatic nitrogens is 1. The number of nitrogens with zero attached hydrogens (tertiary/aromatic N) is 1. The normalized spacial score (nSPS) is 14.2. The van der Waals surface area contributed by atoms with Gasteiger partial charge < -0.3 is 5.32 Å². The van der Waals surface area contributed by atoms with E-state index in [0.717, 1.165) is 34.5 Å². The van der Waals surface area contributed by atoms with Crippen LogP contribution in [-0.4, -0.2) is 22.7 Å². The molecule has 4 heteroatoms. The molecule has 3 nitrogen and oxygen atoms in total. The Hall–Kier alpha value is -1.81.